The normalized spacial score (nSPS) is 50.2. The van der Waals surface area contributed by atoms with Gasteiger partial charge >= 0.3 is 0 Å². The zero-order valence-electron chi connectivity index (χ0n) is 25.5. The van der Waals surface area contributed by atoms with E-state index in [0.29, 0.717) is 49.4 Å². The van der Waals surface area contributed by atoms with Gasteiger partial charge in [0.15, 0.2) is 5.78 Å². The zero-order valence-corrected chi connectivity index (χ0v) is 18.5. The third kappa shape index (κ3) is 3.56. The topological polar surface area (TPSA) is 37.3 Å². The van der Waals surface area contributed by atoms with Crippen LogP contribution in [-0.2, 0) is 4.79 Å². The van der Waals surface area contributed by atoms with Crippen LogP contribution in [0.4, 0.5) is 0 Å². The maximum atomic E-state index is 12.1. The molecule has 2 nitrogen and oxygen atoms in total. The molecule has 0 spiro atoms. The van der Waals surface area contributed by atoms with E-state index in [2.05, 4.69) is 20.8 Å². The van der Waals surface area contributed by atoms with Crippen LogP contribution in [0.1, 0.15) is 108 Å². The van der Waals surface area contributed by atoms with Gasteiger partial charge < -0.3 is 5.11 Å². The standard InChI is InChI=1S/C27H44O2/c1-17(2)7-6-8-18(3)21-9-10-22-25-23(12-14-27(21,22)5)26(4)13-11-20(28)15-19(26)16-24(25)29/h15,17-18,21-25,29H,6-14,16H2,1-5H3/t18-,21-,22+,23+,24+,25?,26+,27-/m1/s1/i1D3,2D3,17D. The Labute approximate surface area is 188 Å². The van der Waals surface area contributed by atoms with Crippen molar-refractivity contribution >= 4 is 5.78 Å². The van der Waals surface area contributed by atoms with Crippen molar-refractivity contribution in [3.05, 3.63) is 11.6 Å². The van der Waals surface area contributed by atoms with Gasteiger partial charge in [-0.15, -0.1) is 0 Å². The quantitative estimate of drug-likeness (QED) is 0.560. The molecular weight excluding hydrogens is 356 g/mol. The Bertz CT molecular complexity index is 880. The molecule has 2 heteroatoms. The molecule has 0 aromatic heterocycles. The number of fused-ring (bicyclic) bond motifs is 5. The lowest BCUT2D eigenvalue weighted by Gasteiger charge is -2.60. The predicted octanol–water partition coefficient (Wildman–Crippen LogP) is 6.57. The fourth-order valence-corrected chi connectivity index (χ4v) is 8.30. The molecule has 4 aliphatic rings. The van der Waals surface area contributed by atoms with Crippen molar-refractivity contribution in [1.29, 1.82) is 0 Å². The second kappa shape index (κ2) is 7.81. The summed E-state index contributed by atoms with van der Waals surface area (Å²) in [7, 11) is 0. The summed E-state index contributed by atoms with van der Waals surface area (Å²) < 4.78 is 54.4. The fourth-order valence-electron chi connectivity index (χ4n) is 8.30. The van der Waals surface area contributed by atoms with Crippen molar-refractivity contribution in [3.8, 4) is 0 Å². The van der Waals surface area contributed by atoms with Gasteiger partial charge in [-0.05, 0) is 90.9 Å². The lowest BCUT2D eigenvalue weighted by molar-refractivity contribution is -0.124. The van der Waals surface area contributed by atoms with Gasteiger partial charge in [0, 0.05) is 16.0 Å². The number of aliphatic hydroxyl groups is 1. The summed E-state index contributed by atoms with van der Waals surface area (Å²) in [4.78, 5) is 12.1. The second-order valence-electron chi connectivity index (χ2n) is 11.2. The highest BCUT2D eigenvalue weighted by Gasteiger charge is 2.61. The molecule has 3 saturated carbocycles. The van der Waals surface area contributed by atoms with Crippen LogP contribution >= 0.6 is 0 Å². The molecule has 0 aliphatic heterocycles. The third-order valence-electron chi connectivity index (χ3n) is 9.83. The monoisotopic (exact) mass is 407 g/mol. The number of carbonyl (C=O) groups excluding carboxylic acids is 1. The molecule has 8 atom stereocenters. The molecule has 0 amide bonds. The SMILES string of the molecule is [2H]C([2H])([2H])C([2H])(CCC[C@@H](C)[C@H]1CC[C@H]2C3[C@@H](O)CC4=CC(=O)CC[C@]4(C)[C@H]3CC[C@]12C)C([2H])([2H])[2H]. The Hall–Kier alpha value is -0.630. The van der Waals surface area contributed by atoms with E-state index < -0.39 is 25.7 Å². The lowest BCUT2D eigenvalue weighted by Crippen LogP contribution is -2.55. The molecule has 0 heterocycles. The van der Waals surface area contributed by atoms with E-state index in [1.165, 1.54) is 0 Å². The van der Waals surface area contributed by atoms with E-state index in [1.807, 2.05) is 6.08 Å². The van der Waals surface area contributed by atoms with Gasteiger partial charge in [-0.3, -0.25) is 4.79 Å². The van der Waals surface area contributed by atoms with Crippen LogP contribution in [0.25, 0.3) is 0 Å². The van der Waals surface area contributed by atoms with E-state index in [9.17, 15) is 9.90 Å². The largest absolute Gasteiger partial charge is 0.392 e. The molecular formula is C27H44O2. The number of carbonyl (C=O) groups is 1. The van der Waals surface area contributed by atoms with E-state index in [0.717, 1.165) is 37.7 Å². The first-order valence-corrected chi connectivity index (χ1v) is 11.9. The second-order valence-corrected chi connectivity index (χ2v) is 11.2. The molecule has 29 heavy (non-hydrogen) atoms. The van der Waals surface area contributed by atoms with Crippen molar-refractivity contribution in [2.75, 3.05) is 0 Å². The smallest absolute Gasteiger partial charge is 0.155 e. The number of rotatable bonds is 5. The van der Waals surface area contributed by atoms with Crippen molar-refractivity contribution in [3.63, 3.8) is 0 Å². The molecule has 4 aliphatic carbocycles. The average Bonchev–Trinajstić information content (AvgIpc) is 3.10. The van der Waals surface area contributed by atoms with Crippen LogP contribution in [0.15, 0.2) is 11.6 Å². The zero-order chi connectivity index (χ0) is 26.9. The van der Waals surface area contributed by atoms with Crippen molar-refractivity contribution in [1.82, 2.24) is 0 Å². The van der Waals surface area contributed by atoms with Crippen LogP contribution in [0.2, 0.25) is 0 Å². The van der Waals surface area contributed by atoms with Crippen LogP contribution in [0.3, 0.4) is 0 Å². The first-order chi connectivity index (χ1) is 16.5. The molecule has 0 bridgehead atoms. The molecule has 0 radical (unpaired) electrons. The Morgan fingerprint density at radius 1 is 1.21 bits per heavy atom. The van der Waals surface area contributed by atoms with Gasteiger partial charge in [-0.2, -0.15) is 0 Å². The molecule has 3 fully saturated rings. The minimum atomic E-state index is -2.85. The summed E-state index contributed by atoms with van der Waals surface area (Å²) in [5.74, 6) is -0.443. The molecule has 1 unspecified atom stereocenters. The van der Waals surface area contributed by atoms with E-state index in [4.69, 9.17) is 9.60 Å². The first kappa shape index (κ1) is 14.4. The van der Waals surface area contributed by atoms with Gasteiger partial charge in [0.05, 0.1) is 6.10 Å². The van der Waals surface area contributed by atoms with Gasteiger partial charge in [-0.25, -0.2) is 0 Å². The number of hydrogen-bond acceptors (Lipinski definition) is 2. The average molecular weight is 408 g/mol. The minimum Gasteiger partial charge on any atom is -0.392 e. The van der Waals surface area contributed by atoms with E-state index in [-0.39, 0.29) is 29.0 Å². The van der Waals surface area contributed by atoms with Gasteiger partial charge in [0.1, 0.15) is 0 Å². The summed E-state index contributed by atoms with van der Waals surface area (Å²) in [5.41, 5.74) is 1.25. The Balaban J connectivity index is 1.47. The molecule has 0 aromatic carbocycles. The van der Waals surface area contributed by atoms with Gasteiger partial charge in [-0.1, -0.05) is 59.3 Å². The summed E-state index contributed by atoms with van der Waals surface area (Å²) in [6.07, 6.45) is 8.74. The molecule has 4 rings (SSSR count). The number of aliphatic hydroxyl groups excluding tert-OH is 1. The summed E-state index contributed by atoms with van der Waals surface area (Å²) in [6.45, 7) is 1.19. The third-order valence-corrected chi connectivity index (χ3v) is 9.83. The van der Waals surface area contributed by atoms with E-state index in [1.54, 1.807) is 0 Å². The van der Waals surface area contributed by atoms with Crippen LogP contribution < -0.4 is 0 Å². The molecule has 164 valence electrons. The number of ketones is 1. The Morgan fingerprint density at radius 2 is 2.00 bits per heavy atom. The van der Waals surface area contributed by atoms with Gasteiger partial charge in [0.25, 0.3) is 0 Å². The summed E-state index contributed by atoms with van der Waals surface area (Å²) >= 11 is 0. The summed E-state index contributed by atoms with van der Waals surface area (Å²) in [6, 6.07) is 0. The first-order valence-electron chi connectivity index (χ1n) is 15.4. The summed E-state index contributed by atoms with van der Waals surface area (Å²) in [5, 5.41) is 11.3. The van der Waals surface area contributed by atoms with Crippen LogP contribution in [0.5, 0.6) is 0 Å². The maximum Gasteiger partial charge on any atom is 0.155 e. The van der Waals surface area contributed by atoms with Crippen LogP contribution in [-0.4, -0.2) is 17.0 Å². The van der Waals surface area contributed by atoms with Crippen molar-refractivity contribution in [2.45, 2.75) is 105 Å². The van der Waals surface area contributed by atoms with Crippen molar-refractivity contribution < 1.29 is 19.5 Å². The Morgan fingerprint density at radius 3 is 2.76 bits per heavy atom. The lowest BCUT2D eigenvalue weighted by atomic mass is 9.45. The fraction of sp³-hybridized carbons (Fsp3) is 0.889. The van der Waals surface area contributed by atoms with E-state index >= 15 is 0 Å². The molecule has 0 aromatic rings. The highest BCUT2D eigenvalue weighted by Crippen LogP contribution is 2.67. The highest BCUT2D eigenvalue weighted by molar-refractivity contribution is 5.91. The van der Waals surface area contributed by atoms with Gasteiger partial charge in [0.2, 0.25) is 0 Å². The van der Waals surface area contributed by atoms with Crippen LogP contribution in [0, 0.1) is 46.3 Å². The molecule has 0 saturated heterocycles. The van der Waals surface area contributed by atoms with Crippen molar-refractivity contribution in [2.24, 2.45) is 46.3 Å². The minimum absolute atomic E-state index is 0.00481. The highest BCUT2D eigenvalue weighted by atomic mass is 16.3. The predicted molar refractivity (Wildman–Crippen MR) is 119 cm³/mol. The Kier molecular flexibility index (Phi) is 3.89. The maximum absolute atomic E-state index is 12.1. The number of hydrogen-bond donors (Lipinski definition) is 1. The molecule has 1 N–H and O–H groups in total.